The zero-order chi connectivity index (χ0) is 20.2. The number of aromatic hydroxyl groups is 2. The molecule has 2 rings (SSSR count). The molecule has 0 aliphatic carbocycles. The molecule has 2 aromatic rings. The minimum Gasteiger partial charge on any atom is -0.504 e. The van der Waals surface area contributed by atoms with Crippen molar-refractivity contribution in [1.29, 1.82) is 0 Å². The molecule has 146 valence electrons. The predicted octanol–water partition coefficient (Wildman–Crippen LogP) is 2.54. The number of alkyl halides is 3. The topological polar surface area (TPSA) is 104 Å². The van der Waals surface area contributed by atoms with Crippen LogP contribution in [-0.4, -0.2) is 37.3 Å². The number of rotatable bonds is 6. The number of carbonyl (C=O) groups excluding carboxylic acids is 1. The van der Waals surface area contributed by atoms with E-state index in [4.69, 9.17) is 0 Å². The number of halogens is 3. The molecule has 0 saturated heterocycles. The highest BCUT2D eigenvalue weighted by Gasteiger charge is 2.38. The summed E-state index contributed by atoms with van der Waals surface area (Å²) >= 11 is 0. The maximum atomic E-state index is 12.5. The molecule has 0 bridgehead atoms. The lowest BCUT2D eigenvalue weighted by molar-refractivity contribution is -0.173. The molecule has 0 atom stereocenters. The number of phenols is 2. The lowest BCUT2D eigenvalue weighted by Gasteiger charge is -2.09. The smallest absolute Gasteiger partial charge is 0.471 e. The Morgan fingerprint density at radius 2 is 1.56 bits per heavy atom. The molecule has 0 spiro atoms. The van der Waals surface area contributed by atoms with E-state index in [-0.39, 0.29) is 22.8 Å². The zero-order valence-corrected chi connectivity index (χ0v) is 14.6. The van der Waals surface area contributed by atoms with Gasteiger partial charge in [-0.3, -0.25) is 4.79 Å². The van der Waals surface area contributed by atoms with Gasteiger partial charge in [0.05, 0.1) is 9.79 Å². The van der Waals surface area contributed by atoms with E-state index in [1.165, 1.54) is 24.3 Å². The molecule has 0 unspecified atom stereocenters. The van der Waals surface area contributed by atoms with E-state index in [0.717, 1.165) is 18.2 Å². The summed E-state index contributed by atoms with van der Waals surface area (Å²) in [5.74, 6) is -3.00. The van der Waals surface area contributed by atoms with Crippen LogP contribution in [0.4, 0.5) is 13.2 Å². The maximum absolute atomic E-state index is 12.5. The SMILES string of the molecule is O=C(NCCCc1ccc(S(=O)(=O)c2ccc(O)c(O)c2)cc1)C(F)(F)F. The summed E-state index contributed by atoms with van der Waals surface area (Å²) in [7, 11) is -3.90. The Bertz CT molecular complexity index is 925. The van der Waals surface area contributed by atoms with E-state index in [1.807, 2.05) is 0 Å². The van der Waals surface area contributed by atoms with Crippen LogP contribution in [0.5, 0.6) is 11.5 Å². The van der Waals surface area contributed by atoms with Crippen LogP contribution in [0, 0.1) is 0 Å². The standard InChI is InChI=1S/C17H16F3NO5S/c18-17(19,20)16(24)21-9-1-2-11-3-5-12(6-4-11)27(25,26)13-7-8-14(22)15(23)10-13/h3-8,10,22-23H,1-2,9H2,(H,21,24). The van der Waals surface area contributed by atoms with E-state index >= 15 is 0 Å². The molecular weight excluding hydrogens is 387 g/mol. The van der Waals surface area contributed by atoms with Crippen LogP contribution < -0.4 is 5.32 Å². The Labute approximate surface area is 153 Å². The van der Waals surface area contributed by atoms with Crippen LogP contribution in [0.3, 0.4) is 0 Å². The Morgan fingerprint density at radius 1 is 0.963 bits per heavy atom. The number of hydrogen-bond donors (Lipinski definition) is 3. The van der Waals surface area contributed by atoms with Crippen molar-refractivity contribution in [3.8, 4) is 11.5 Å². The van der Waals surface area contributed by atoms with Gasteiger partial charge in [0.2, 0.25) is 9.84 Å². The van der Waals surface area contributed by atoms with Crippen LogP contribution in [0.1, 0.15) is 12.0 Å². The van der Waals surface area contributed by atoms with Crippen molar-refractivity contribution < 1.29 is 36.6 Å². The Morgan fingerprint density at radius 3 is 2.11 bits per heavy atom. The molecule has 0 aromatic heterocycles. The second kappa shape index (κ2) is 7.87. The molecule has 0 aliphatic heterocycles. The Hall–Kier alpha value is -2.75. The third kappa shape index (κ3) is 5.13. The number of nitrogens with one attached hydrogen (secondary N) is 1. The van der Waals surface area contributed by atoms with Crippen LogP contribution in [0.25, 0.3) is 0 Å². The fourth-order valence-corrected chi connectivity index (χ4v) is 3.52. The van der Waals surface area contributed by atoms with E-state index < -0.39 is 33.4 Å². The lowest BCUT2D eigenvalue weighted by Crippen LogP contribution is -2.37. The van der Waals surface area contributed by atoms with Gasteiger partial charge in [-0.05, 0) is 42.7 Å². The summed E-state index contributed by atoms with van der Waals surface area (Å²) in [5.41, 5.74) is 0.684. The fraction of sp³-hybridized carbons (Fsp3) is 0.235. The van der Waals surface area contributed by atoms with Gasteiger partial charge in [-0.1, -0.05) is 12.1 Å². The van der Waals surface area contributed by atoms with Gasteiger partial charge >= 0.3 is 12.1 Å². The molecule has 10 heteroatoms. The average molecular weight is 403 g/mol. The van der Waals surface area contributed by atoms with Gasteiger partial charge in [0.1, 0.15) is 0 Å². The first-order valence-electron chi connectivity index (χ1n) is 7.73. The van der Waals surface area contributed by atoms with Gasteiger partial charge < -0.3 is 15.5 Å². The van der Waals surface area contributed by atoms with Gasteiger partial charge in [-0.15, -0.1) is 0 Å². The second-order valence-corrected chi connectivity index (χ2v) is 7.60. The number of carbonyl (C=O) groups is 1. The molecule has 3 N–H and O–H groups in total. The molecule has 0 fully saturated rings. The number of benzene rings is 2. The summed E-state index contributed by atoms with van der Waals surface area (Å²) in [6.07, 6.45) is -4.32. The van der Waals surface area contributed by atoms with Crippen LogP contribution in [-0.2, 0) is 21.1 Å². The van der Waals surface area contributed by atoms with Gasteiger partial charge in [0.25, 0.3) is 0 Å². The zero-order valence-electron chi connectivity index (χ0n) is 13.8. The third-order valence-electron chi connectivity index (χ3n) is 3.68. The fourth-order valence-electron chi connectivity index (χ4n) is 2.24. The number of hydrogen-bond acceptors (Lipinski definition) is 5. The number of sulfone groups is 1. The summed E-state index contributed by atoms with van der Waals surface area (Å²) in [6.45, 7) is -0.162. The van der Waals surface area contributed by atoms with Crippen molar-refractivity contribution in [3.05, 3.63) is 48.0 Å². The minimum atomic E-state index is -4.92. The van der Waals surface area contributed by atoms with Crippen LogP contribution >= 0.6 is 0 Å². The van der Waals surface area contributed by atoms with Crippen molar-refractivity contribution in [2.45, 2.75) is 28.8 Å². The Balaban J connectivity index is 2.00. The average Bonchev–Trinajstić information content (AvgIpc) is 2.60. The second-order valence-electron chi connectivity index (χ2n) is 5.66. The summed E-state index contributed by atoms with van der Waals surface area (Å²) in [6, 6.07) is 8.85. The summed E-state index contributed by atoms with van der Waals surface area (Å²) in [5, 5.41) is 20.5. The largest absolute Gasteiger partial charge is 0.504 e. The molecule has 0 saturated carbocycles. The summed E-state index contributed by atoms with van der Waals surface area (Å²) in [4.78, 5) is 10.4. The number of amides is 1. The van der Waals surface area contributed by atoms with Crippen molar-refractivity contribution in [2.75, 3.05) is 6.54 Å². The van der Waals surface area contributed by atoms with Gasteiger partial charge in [0, 0.05) is 12.6 Å². The number of aryl methyl sites for hydroxylation is 1. The molecule has 27 heavy (non-hydrogen) atoms. The highest BCUT2D eigenvalue weighted by Crippen LogP contribution is 2.30. The minimum absolute atomic E-state index is 0.0401. The molecule has 0 radical (unpaired) electrons. The molecule has 0 heterocycles. The lowest BCUT2D eigenvalue weighted by atomic mass is 10.1. The predicted molar refractivity (Wildman–Crippen MR) is 89.1 cm³/mol. The molecule has 2 aromatic carbocycles. The van der Waals surface area contributed by atoms with E-state index in [1.54, 1.807) is 5.32 Å². The third-order valence-corrected chi connectivity index (χ3v) is 5.44. The normalized spacial score (nSPS) is 12.0. The highest BCUT2D eigenvalue weighted by molar-refractivity contribution is 7.91. The summed E-state index contributed by atoms with van der Waals surface area (Å²) < 4.78 is 61.1. The van der Waals surface area contributed by atoms with Gasteiger partial charge in [-0.25, -0.2) is 8.42 Å². The van der Waals surface area contributed by atoms with Crippen molar-refractivity contribution >= 4 is 15.7 Å². The quantitative estimate of drug-likeness (QED) is 0.508. The molecule has 1 amide bonds. The van der Waals surface area contributed by atoms with E-state index in [0.29, 0.717) is 12.0 Å². The highest BCUT2D eigenvalue weighted by atomic mass is 32.2. The number of phenolic OH excluding ortho intramolecular Hbond substituents is 2. The first-order chi connectivity index (χ1) is 12.5. The van der Waals surface area contributed by atoms with Gasteiger partial charge in [0.15, 0.2) is 11.5 Å². The molecular formula is C17H16F3NO5S. The molecule has 6 nitrogen and oxygen atoms in total. The van der Waals surface area contributed by atoms with E-state index in [9.17, 15) is 36.6 Å². The van der Waals surface area contributed by atoms with Crippen LogP contribution in [0.2, 0.25) is 0 Å². The van der Waals surface area contributed by atoms with Crippen molar-refractivity contribution in [1.82, 2.24) is 5.32 Å². The maximum Gasteiger partial charge on any atom is 0.471 e. The van der Waals surface area contributed by atoms with Gasteiger partial charge in [-0.2, -0.15) is 13.2 Å². The molecule has 0 aliphatic rings. The monoisotopic (exact) mass is 403 g/mol. The van der Waals surface area contributed by atoms with E-state index in [2.05, 4.69) is 0 Å². The van der Waals surface area contributed by atoms with Crippen molar-refractivity contribution in [2.24, 2.45) is 0 Å². The Kier molecular flexibility index (Phi) is 5.99. The first-order valence-corrected chi connectivity index (χ1v) is 9.21. The van der Waals surface area contributed by atoms with Crippen LogP contribution in [0.15, 0.2) is 52.3 Å². The van der Waals surface area contributed by atoms with Crippen molar-refractivity contribution in [3.63, 3.8) is 0 Å². The first kappa shape index (κ1) is 20.6.